The average Bonchev–Trinajstić information content (AvgIpc) is 2.52. The predicted molar refractivity (Wildman–Crippen MR) is 84.5 cm³/mol. The number of rotatable bonds is 6. The molecule has 0 radical (unpaired) electrons. The van der Waals surface area contributed by atoms with Crippen LogP contribution in [0.2, 0.25) is 0 Å². The minimum absolute atomic E-state index is 0.598. The van der Waals surface area contributed by atoms with E-state index in [1.807, 2.05) is 54.8 Å². The summed E-state index contributed by atoms with van der Waals surface area (Å²) in [7, 11) is 0. The third-order valence-corrected chi connectivity index (χ3v) is 3.91. The Kier molecular flexibility index (Phi) is 5.50. The molecule has 2 aromatic carbocycles. The van der Waals surface area contributed by atoms with Crippen molar-refractivity contribution in [3.8, 4) is 5.75 Å². The van der Waals surface area contributed by atoms with Crippen LogP contribution in [0.15, 0.2) is 53.4 Å². The van der Waals surface area contributed by atoms with Gasteiger partial charge in [-0.3, -0.25) is 0 Å². The standard InChI is InChI=1S/C17H20O2S/c1-3-12-19-14-10-8-13(9-11-14)17(18)15-6-4-5-7-16(15)20-2/h4-11,17-18H,3,12H2,1-2H3. The van der Waals surface area contributed by atoms with Gasteiger partial charge in [0.05, 0.1) is 6.61 Å². The van der Waals surface area contributed by atoms with E-state index in [9.17, 15) is 5.11 Å². The quantitative estimate of drug-likeness (QED) is 0.805. The Morgan fingerprint density at radius 1 is 1.10 bits per heavy atom. The van der Waals surface area contributed by atoms with Gasteiger partial charge in [0.25, 0.3) is 0 Å². The fourth-order valence-corrected chi connectivity index (χ4v) is 2.67. The summed E-state index contributed by atoms with van der Waals surface area (Å²) in [5, 5.41) is 10.5. The molecular formula is C17H20O2S. The molecule has 0 fully saturated rings. The second-order valence-corrected chi connectivity index (χ2v) is 5.41. The number of benzene rings is 2. The summed E-state index contributed by atoms with van der Waals surface area (Å²) in [6.45, 7) is 2.80. The van der Waals surface area contributed by atoms with Crippen molar-refractivity contribution in [2.45, 2.75) is 24.3 Å². The molecule has 0 aromatic heterocycles. The van der Waals surface area contributed by atoms with E-state index in [1.165, 1.54) is 0 Å². The molecule has 0 aliphatic heterocycles. The van der Waals surface area contributed by atoms with Crippen molar-refractivity contribution in [2.75, 3.05) is 12.9 Å². The van der Waals surface area contributed by atoms with E-state index in [0.29, 0.717) is 0 Å². The molecule has 0 heterocycles. The van der Waals surface area contributed by atoms with Gasteiger partial charge < -0.3 is 9.84 Å². The van der Waals surface area contributed by atoms with Crippen molar-refractivity contribution in [3.05, 3.63) is 59.7 Å². The summed E-state index contributed by atoms with van der Waals surface area (Å²) in [5.41, 5.74) is 1.83. The lowest BCUT2D eigenvalue weighted by Gasteiger charge is -2.15. The number of ether oxygens (including phenoxy) is 1. The van der Waals surface area contributed by atoms with E-state index in [2.05, 4.69) is 6.92 Å². The fraction of sp³-hybridized carbons (Fsp3) is 0.294. The lowest BCUT2D eigenvalue weighted by atomic mass is 10.0. The fourth-order valence-electron chi connectivity index (χ4n) is 2.04. The van der Waals surface area contributed by atoms with Crippen molar-refractivity contribution in [1.82, 2.24) is 0 Å². The molecule has 20 heavy (non-hydrogen) atoms. The highest BCUT2D eigenvalue weighted by atomic mass is 32.2. The van der Waals surface area contributed by atoms with E-state index in [0.717, 1.165) is 34.8 Å². The van der Waals surface area contributed by atoms with Crippen molar-refractivity contribution in [3.63, 3.8) is 0 Å². The van der Waals surface area contributed by atoms with Gasteiger partial charge in [-0.05, 0) is 42.0 Å². The van der Waals surface area contributed by atoms with Crippen LogP contribution < -0.4 is 4.74 Å². The van der Waals surface area contributed by atoms with Gasteiger partial charge in [0.15, 0.2) is 0 Å². The molecule has 0 saturated heterocycles. The number of hydrogen-bond acceptors (Lipinski definition) is 3. The van der Waals surface area contributed by atoms with Gasteiger partial charge in [-0.25, -0.2) is 0 Å². The minimum atomic E-state index is -0.598. The van der Waals surface area contributed by atoms with E-state index < -0.39 is 6.10 Å². The molecule has 2 nitrogen and oxygen atoms in total. The normalized spacial score (nSPS) is 12.2. The summed E-state index contributed by atoms with van der Waals surface area (Å²) in [4.78, 5) is 1.10. The average molecular weight is 288 g/mol. The van der Waals surface area contributed by atoms with Crippen LogP contribution >= 0.6 is 11.8 Å². The SMILES string of the molecule is CCCOc1ccc(C(O)c2ccccc2SC)cc1. The molecule has 1 unspecified atom stereocenters. The number of thioether (sulfide) groups is 1. The van der Waals surface area contributed by atoms with Crippen LogP contribution in [0.1, 0.15) is 30.6 Å². The molecule has 3 heteroatoms. The van der Waals surface area contributed by atoms with Crippen LogP contribution in [0.25, 0.3) is 0 Å². The monoisotopic (exact) mass is 288 g/mol. The van der Waals surface area contributed by atoms with Crippen molar-refractivity contribution in [1.29, 1.82) is 0 Å². The van der Waals surface area contributed by atoms with E-state index >= 15 is 0 Å². The molecule has 1 N–H and O–H groups in total. The number of hydrogen-bond donors (Lipinski definition) is 1. The molecule has 0 saturated carbocycles. The minimum Gasteiger partial charge on any atom is -0.494 e. The summed E-state index contributed by atoms with van der Waals surface area (Å²) in [6, 6.07) is 15.6. The molecule has 2 rings (SSSR count). The Bertz CT molecular complexity index is 537. The van der Waals surface area contributed by atoms with Gasteiger partial charge in [-0.1, -0.05) is 37.3 Å². The zero-order valence-corrected chi connectivity index (χ0v) is 12.7. The Labute approximate surface area is 124 Å². The van der Waals surface area contributed by atoms with Crippen LogP contribution in [-0.2, 0) is 0 Å². The first-order valence-corrected chi connectivity index (χ1v) is 8.02. The third kappa shape index (κ3) is 3.56. The second-order valence-electron chi connectivity index (χ2n) is 4.56. The highest BCUT2D eigenvalue weighted by molar-refractivity contribution is 7.98. The third-order valence-electron chi connectivity index (χ3n) is 3.10. The van der Waals surface area contributed by atoms with Crippen molar-refractivity contribution in [2.24, 2.45) is 0 Å². The van der Waals surface area contributed by atoms with Gasteiger partial charge in [-0.2, -0.15) is 0 Å². The van der Waals surface area contributed by atoms with E-state index in [1.54, 1.807) is 11.8 Å². The topological polar surface area (TPSA) is 29.5 Å². The van der Waals surface area contributed by atoms with E-state index in [-0.39, 0.29) is 0 Å². The first kappa shape index (κ1) is 14.9. The molecule has 2 aromatic rings. The second kappa shape index (κ2) is 7.36. The van der Waals surface area contributed by atoms with Crippen LogP contribution in [0.4, 0.5) is 0 Å². The molecule has 0 amide bonds. The first-order valence-electron chi connectivity index (χ1n) is 6.80. The van der Waals surface area contributed by atoms with Crippen LogP contribution in [0, 0.1) is 0 Å². The molecule has 0 spiro atoms. The molecule has 1 atom stereocenters. The van der Waals surface area contributed by atoms with Gasteiger partial charge in [-0.15, -0.1) is 11.8 Å². The molecule has 0 aliphatic rings. The van der Waals surface area contributed by atoms with Crippen molar-refractivity contribution < 1.29 is 9.84 Å². The Balaban J connectivity index is 2.18. The molecule has 0 bridgehead atoms. The van der Waals surface area contributed by atoms with Crippen LogP contribution in [0.3, 0.4) is 0 Å². The highest BCUT2D eigenvalue weighted by Crippen LogP contribution is 2.30. The van der Waals surface area contributed by atoms with Crippen LogP contribution in [0.5, 0.6) is 5.75 Å². The lowest BCUT2D eigenvalue weighted by molar-refractivity contribution is 0.217. The van der Waals surface area contributed by atoms with Gasteiger partial charge in [0, 0.05) is 4.90 Å². The Hall–Kier alpha value is -1.45. The number of aliphatic hydroxyl groups is 1. The maximum atomic E-state index is 10.5. The summed E-state index contributed by atoms with van der Waals surface area (Å²) in [5.74, 6) is 0.848. The first-order chi connectivity index (χ1) is 9.76. The Morgan fingerprint density at radius 2 is 1.80 bits per heavy atom. The molecule has 106 valence electrons. The largest absolute Gasteiger partial charge is 0.494 e. The predicted octanol–water partition coefficient (Wildman–Crippen LogP) is 4.28. The maximum absolute atomic E-state index is 10.5. The van der Waals surface area contributed by atoms with Crippen LogP contribution in [-0.4, -0.2) is 18.0 Å². The van der Waals surface area contributed by atoms with E-state index in [4.69, 9.17) is 4.74 Å². The van der Waals surface area contributed by atoms with Gasteiger partial charge in [0.2, 0.25) is 0 Å². The summed E-state index contributed by atoms with van der Waals surface area (Å²) < 4.78 is 5.55. The van der Waals surface area contributed by atoms with Gasteiger partial charge >= 0.3 is 0 Å². The molecule has 0 aliphatic carbocycles. The highest BCUT2D eigenvalue weighted by Gasteiger charge is 2.13. The van der Waals surface area contributed by atoms with Gasteiger partial charge in [0.1, 0.15) is 11.9 Å². The summed E-state index contributed by atoms with van der Waals surface area (Å²) >= 11 is 1.65. The smallest absolute Gasteiger partial charge is 0.119 e. The summed E-state index contributed by atoms with van der Waals surface area (Å²) in [6.07, 6.45) is 2.41. The molecular weight excluding hydrogens is 268 g/mol. The van der Waals surface area contributed by atoms with Crippen molar-refractivity contribution >= 4 is 11.8 Å². The zero-order chi connectivity index (χ0) is 14.4. The lowest BCUT2D eigenvalue weighted by Crippen LogP contribution is -2.01. The number of aliphatic hydroxyl groups excluding tert-OH is 1. The maximum Gasteiger partial charge on any atom is 0.119 e. The zero-order valence-electron chi connectivity index (χ0n) is 11.9. The Morgan fingerprint density at radius 3 is 2.45 bits per heavy atom.